The van der Waals surface area contributed by atoms with Crippen molar-refractivity contribution in [3.05, 3.63) is 65.7 Å². The third kappa shape index (κ3) is 4.36. The van der Waals surface area contributed by atoms with Gasteiger partial charge in [-0.3, -0.25) is 9.59 Å². The van der Waals surface area contributed by atoms with Crippen LogP contribution in [0.25, 0.3) is 0 Å². The van der Waals surface area contributed by atoms with Crippen LogP contribution < -0.4 is 4.74 Å². The Morgan fingerprint density at radius 1 is 0.885 bits per heavy atom. The number of rotatable bonds is 4. The number of benzene rings is 2. The first-order valence-corrected chi connectivity index (χ1v) is 8.24. The summed E-state index contributed by atoms with van der Waals surface area (Å²) in [5.74, 6) is -1.09. The highest BCUT2D eigenvalue weighted by Crippen LogP contribution is 2.13. The summed E-state index contributed by atoms with van der Waals surface area (Å²) in [6.07, 6.45) is 0. The molecule has 2 aromatic rings. The average Bonchev–Trinajstić information content (AvgIpc) is 2.66. The summed E-state index contributed by atoms with van der Waals surface area (Å²) in [5, 5.41) is 0. The van der Waals surface area contributed by atoms with Gasteiger partial charge in [-0.25, -0.2) is 8.78 Å². The lowest BCUT2D eigenvalue weighted by atomic mass is 10.1. The van der Waals surface area contributed by atoms with Crippen LogP contribution in [-0.2, 0) is 4.79 Å². The van der Waals surface area contributed by atoms with Crippen molar-refractivity contribution in [2.75, 3.05) is 32.8 Å². The van der Waals surface area contributed by atoms with Gasteiger partial charge >= 0.3 is 0 Å². The lowest BCUT2D eigenvalue weighted by Gasteiger charge is -2.34. The zero-order chi connectivity index (χ0) is 18.5. The number of piperazine rings is 1. The van der Waals surface area contributed by atoms with Gasteiger partial charge in [0.15, 0.2) is 6.61 Å². The summed E-state index contributed by atoms with van der Waals surface area (Å²) in [7, 11) is 0. The van der Waals surface area contributed by atoms with Gasteiger partial charge in [-0.1, -0.05) is 12.1 Å². The van der Waals surface area contributed by atoms with Gasteiger partial charge < -0.3 is 14.5 Å². The maximum Gasteiger partial charge on any atom is 0.260 e. The van der Waals surface area contributed by atoms with Gasteiger partial charge in [-0.2, -0.15) is 0 Å². The monoisotopic (exact) mass is 360 g/mol. The first-order valence-electron chi connectivity index (χ1n) is 8.24. The molecule has 5 nitrogen and oxygen atoms in total. The zero-order valence-corrected chi connectivity index (χ0v) is 14.0. The standard InChI is InChI=1S/C19H18F2N2O3/c20-15-4-1-3-14(11-15)19(25)23-9-7-22(8-10-23)18(24)13-26-17-6-2-5-16(21)12-17/h1-6,11-12H,7-10,13H2. The van der Waals surface area contributed by atoms with Gasteiger partial charge in [-0.05, 0) is 30.3 Å². The second kappa shape index (κ2) is 7.95. The Balaban J connectivity index is 1.50. The maximum atomic E-state index is 13.3. The molecule has 3 rings (SSSR count). The summed E-state index contributed by atoms with van der Waals surface area (Å²) in [4.78, 5) is 27.7. The average molecular weight is 360 g/mol. The molecule has 0 unspecified atom stereocenters. The second-order valence-electron chi connectivity index (χ2n) is 5.93. The minimum absolute atomic E-state index is 0.193. The Labute approximate surface area is 149 Å². The number of nitrogens with zero attached hydrogens (tertiary/aromatic N) is 2. The predicted molar refractivity (Wildman–Crippen MR) is 90.8 cm³/mol. The first kappa shape index (κ1) is 17.8. The van der Waals surface area contributed by atoms with Crippen molar-refractivity contribution in [2.45, 2.75) is 0 Å². The number of ether oxygens (including phenoxy) is 1. The molecule has 0 aromatic heterocycles. The SMILES string of the molecule is O=C(COc1cccc(F)c1)N1CCN(C(=O)c2cccc(F)c2)CC1. The van der Waals surface area contributed by atoms with Crippen LogP contribution in [0.15, 0.2) is 48.5 Å². The highest BCUT2D eigenvalue weighted by atomic mass is 19.1. The highest BCUT2D eigenvalue weighted by molar-refractivity contribution is 5.94. The van der Waals surface area contributed by atoms with Crippen LogP contribution in [0.5, 0.6) is 5.75 Å². The molecule has 0 atom stereocenters. The number of amides is 2. The van der Waals surface area contributed by atoms with Crippen molar-refractivity contribution in [2.24, 2.45) is 0 Å². The van der Waals surface area contributed by atoms with Crippen LogP contribution >= 0.6 is 0 Å². The molecule has 1 aliphatic rings. The van der Waals surface area contributed by atoms with Crippen LogP contribution in [-0.4, -0.2) is 54.4 Å². The second-order valence-corrected chi connectivity index (χ2v) is 5.93. The topological polar surface area (TPSA) is 49.9 Å². The van der Waals surface area contributed by atoms with Crippen LogP contribution in [0.4, 0.5) is 8.78 Å². The van der Waals surface area contributed by atoms with Gasteiger partial charge in [0.25, 0.3) is 11.8 Å². The van der Waals surface area contributed by atoms with E-state index in [1.54, 1.807) is 21.9 Å². The van der Waals surface area contributed by atoms with Crippen molar-refractivity contribution < 1.29 is 23.1 Å². The molecule has 0 spiro atoms. The van der Waals surface area contributed by atoms with Crippen molar-refractivity contribution in [3.8, 4) is 5.75 Å². The van der Waals surface area contributed by atoms with E-state index in [-0.39, 0.29) is 18.4 Å². The van der Waals surface area contributed by atoms with Crippen molar-refractivity contribution >= 4 is 11.8 Å². The molecule has 0 saturated carbocycles. The molecule has 0 N–H and O–H groups in total. The van der Waals surface area contributed by atoms with E-state index in [1.807, 2.05) is 0 Å². The molecule has 2 aromatic carbocycles. The third-order valence-electron chi connectivity index (χ3n) is 4.15. The number of carbonyl (C=O) groups is 2. The summed E-state index contributed by atoms with van der Waals surface area (Å²) in [6.45, 7) is 1.27. The quantitative estimate of drug-likeness (QED) is 0.841. The molecule has 1 fully saturated rings. The van der Waals surface area contributed by atoms with E-state index in [1.165, 1.54) is 36.4 Å². The molecule has 0 bridgehead atoms. The number of hydrogen-bond donors (Lipinski definition) is 0. The lowest BCUT2D eigenvalue weighted by molar-refractivity contribution is -0.134. The van der Waals surface area contributed by atoms with E-state index in [0.29, 0.717) is 37.5 Å². The lowest BCUT2D eigenvalue weighted by Crippen LogP contribution is -2.51. The fraction of sp³-hybridized carbons (Fsp3) is 0.263. The molecule has 1 saturated heterocycles. The fourth-order valence-corrected chi connectivity index (χ4v) is 2.76. The molecular formula is C19H18F2N2O3. The van der Waals surface area contributed by atoms with Crippen molar-refractivity contribution in [1.82, 2.24) is 9.80 Å². The summed E-state index contributed by atoms with van der Waals surface area (Å²) in [6, 6.07) is 11.1. The molecule has 1 aliphatic heterocycles. The van der Waals surface area contributed by atoms with Crippen LogP contribution in [0.1, 0.15) is 10.4 Å². The van der Waals surface area contributed by atoms with Crippen LogP contribution in [0.3, 0.4) is 0 Å². The fourth-order valence-electron chi connectivity index (χ4n) is 2.76. The van der Waals surface area contributed by atoms with E-state index in [0.717, 1.165) is 0 Å². The first-order chi connectivity index (χ1) is 12.5. The van der Waals surface area contributed by atoms with E-state index >= 15 is 0 Å². The minimum atomic E-state index is -0.459. The summed E-state index contributed by atoms with van der Waals surface area (Å²) >= 11 is 0. The molecule has 26 heavy (non-hydrogen) atoms. The van der Waals surface area contributed by atoms with Crippen LogP contribution in [0, 0.1) is 11.6 Å². The summed E-state index contributed by atoms with van der Waals surface area (Å²) < 4.78 is 31.7. The third-order valence-corrected chi connectivity index (χ3v) is 4.15. The largest absolute Gasteiger partial charge is 0.484 e. The molecule has 2 amide bonds. The van der Waals surface area contributed by atoms with E-state index in [2.05, 4.69) is 0 Å². The zero-order valence-electron chi connectivity index (χ0n) is 14.0. The summed E-state index contributed by atoms with van der Waals surface area (Å²) in [5.41, 5.74) is 0.291. The Morgan fingerprint density at radius 2 is 1.50 bits per heavy atom. The molecular weight excluding hydrogens is 342 g/mol. The van der Waals surface area contributed by atoms with Gasteiger partial charge in [0.1, 0.15) is 17.4 Å². The number of hydrogen-bond acceptors (Lipinski definition) is 3. The molecule has 7 heteroatoms. The molecule has 0 aliphatic carbocycles. The maximum absolute atomic E-state index is 13.3. The highest BCUT2D eigenvalue weighted by Gasteiger charge is 2.25. The number of halogens is 2. The van der Waals surface area contributed by atoms with E-state index < -0.39 is 11.6 Å². The Hall–Kier alpha value is -2.96. The molecule has 1 heterocycles. The van der Waals surface area contributed by atoms with Crippen LogP contribution in [0.2, 0.25) is 0 Å². The molecule has 0 radical (unpaired) electrons. The van der Waals surface area contributed by atoms with Crippen molar-refractivity contribution in [1.29, 1.82) is 0 Å². The smallest absolute Gasteiger partial charge is 0.260 e. The normalized spacial score (nSPS) is 14.2. The van der Waals surface area contributed by atoms with E-state index in [4.69, 9.17) is 4.74 Å². The molecule has 136 valence electrons. The van der Waals surface area contributed by atoms with Crippen molar-refractivity contribution in [3.63, 3.8) is 0 Å². The van der Waals surface area contributed by atoms with Gasteiger partial charge in [0, 0.05) is 37.8 Å². The predicted octanol–water partition coefficient (Wildman–Crippen LogP) is 2.33. The minimum Gasteiger partial charge on any atom is -0.484 e. The van der Waals surface area contributed by atoms with E-state index in [9.17, 15) is 18.4 Å². The number of carbonyl (C=O) groups excluding carboxylic acids is 2. The van der Waals surface area contributed by atoms with Gasteiger partial charge in [0.05, 0.1) is 0 Å². The Morgan fingerprint density at radius 3 is 2.15 bits per heavy atom. The Bertz CT molecular complexity index is 805. The van der Waals surface area contributed by atoms with Gasteiger partial charge in [-0.15, -0.1) is 0 Å². The van der Waals surface area contributed by atoms with Gasteiger partial charge in [0.2, 0.25) is 0 Å². The Kier molecular flexibility index (Phi) is 5.46.